The molecule has 7 nitrogen and oxygen atoms in total. The van der Waals surface area contributed by atoms with Crippen molar-refractivity contribution >= 4 is 39.4 Å². The van der Waals surface area contributed by atoms with E-state index in [9.17, 15) is 4.79 Å². The van der Waals surface area contributed by atoms with E-state index in [1.165, 1.54) is 0 Å². The SMILES string of the molecule is Cc1ccccc1/C=N\n1c2nc3ccccc3nc2c2c(=O)n(CCc3ccccc3)cnc21. The number of fused-ring (bicyclic) bond motifs is 4. The summed E-state index contributed by atoms with van der Waals surface area (Å²) in [5.41, 5.74) is 6.01. The van der Waals surface area contributed by atoms with Gasteiger partial charge < -0.3 is 0 Å². The van der Waals surface area contributed by atoms with Gasteiger partial charge in [-0.25, -0.2) is 15.0 Å². The molecule has 0 aliphatic carbocycles. The van der Waals surface area contributed by atoms with Crippen LogP contribution in [0.4, 0.5) is 0 Å². The minimum Gasteiger partial charge on any atom is -0.298 e. The molecule has 7 heteroatoms. The molecule has 0 N–H and O–H groups in total. The Morgan fingerprint density at radius 3 is 2.37 bits per heavy atom. The second kappa shape index (κ2) is 8.61. The first kappa shape index (κ1) is 20.9. The molecule has 3 aromatic carbocycles. The van der Waals surface area contributed by atoms with E-state index in [1.54, 1.807) is 21.8 Å². The Hall–Kier alpha value is -4.65. The molecule has 0 aliphatic rings. The number of rotatable bonds is 5. The van der Waals surface area contributed by atoms with Gasteiger partial charge in [-0.3, -0.25) is 9.36 Å². The monoisotopic (exact) mass is 458 g/mol. The number of nitrogens with zero attached hydrogens (tertiary/aromatic N) is 6. The van der Waals surface area contributed by atoms with Crippen LogP contribution in [0, 0.1) is 6.92 Å². The Morgan fingerprint density at radius 2 is 1.57 bits per heavy atom. The number of benzene rings is 3. The van der Waals surface area contributed by atoms with Crippen molar-refractivity contribution in [3.05, 3.63) is 112 Å². The average Bonchev–Trinajstić information content (AvgIpc) is 3.20. The number of aryl methyl sites for hydroxylation is 3. The maximum absolute atomic E-state index is 13.6. The van der Waals surface area contributed by atoms with Crippen LogP contribution < -0.4 is 5.56 Å². The molecule has 0 spiro atoms. The topological polar surface area (TPSA) is 78.0 Å². The normalized spacial score (nSPS) is 11.8. The molecule has 3 aromatic heterocycles. The third-order valence-electron chi connectivity index (χ3n) is 6.19. The minimum atomic E-state index is -0.148. The first-order valence-corrected chi connectivity index (χ1v) is 11.5. The summed E-state index contributed by atoms with van der Waals surface area (Å²) in [6, 6.07) is 25.7. The highest BCUT2D eigenvalue weighted by molar-refractivity contribution is 6.04. The molecule has 3 heterocycles. The van der Waals surface area contributed by atoms with Gasteiger partial charge >= 0.3 is 0 Å². The lowest BCUT2D eigenvalue weighted by molar-refractivity contribution is 0.661. The fourth-order valence-corrected chi connectivity index (χ4v) is 4.27. The molecule has 35 heavy (non-hydrogen) atoms. The van der Waals surface area contributed by atoms with E-state index in [2.05, 4.69) is 17.1 Å². The van der Waals surface area contributed by atoms with Gasteiger partial charge in [0.25, 0.3) is 5.56 Å². The zero-order valence-corrected chi connectivity index (χ0v) is 19.2. The first-order chi connectivity index (χ1) is 17.2. The van der Waals surface area contributed by atoms with Crippen LogP contribution in [0.1, 0.15) is 16.7 Å². The first-order valence-electron chi connectivity index (χ1n) is 11.5. The lowest BCUT2D eigenvalue weighted by atomic mass is 10.1. The molecule has 0 unspecified atom stereocenters. The van der Waals surface area contributed by atoms with Crippen molar-refractivity contribution in [2.24, 2.45) is 5.10 Å². The van der Waals surface area contributed by atoms with Gasteiger partial charge in [0.2, 0.25) is 0 Å². The van der Waals surface area contributed by atoms with E-state index >= 15 is 0 Å². The number of hydrogen-bond donors (Lipinski definition) is 0. The van der Waals surface area contributed by atoms with E-state index in [0.29, 0.717) is 28.7 Å². The molecule has 6 rings (SSSR count). The quantitative estimate of drug-likeness (QED) is 0.350. The Labute approximate surface area is 201 Å². The molecule has 0 aliphatic heterocycles. The lowest BCUT2D eigenvalue weighted by Crippen LogP contribution is -2.21. The Balaban J connectivity index is 1.55. The van der Waals surface area contributed by atoms with Crippen molar-refractivity contribution in [1.29, 1.82) is 0 Å². The summed E-state index contributed by atoms with van der Waals surface area (Å²) in [7, 11) is 0. The summed E-state index contributed by atoms with van der Waals surface area (Å²) in [5.74, 6) is 0. The average molecular weight is 459 g/mol. The van der Waals surface area contributed by atoms with Crippen LogP contribution in [0.15, 0.2) is 95.1 Å². The van der Waals surface area contributed by atoms with E-state index in [-0.39, 0.29) is 5.56 Å². The Bertz CT molecular complexity index is 1780. The van der Waals surface area contributed by atoms with Crippen LogP contribution in [-0.2, 0) is 13.0 Å². The minimum absolute atomic E-state index is 0.148. The van der Waals surface area contributed by atoms with Crippen molar-refractivity contribution in [3.8, 4) is 0 Å². The van der Waals surface area contributed by atoms with Crippen LogP contribution in [-0.4, -0.2) is 30.4 Å². The highest BCUT2D eigenvalue weighted by Gasteiger charge is 2.19. The molecule has 6 aromatic rings. The summed E-state index contributed by atoms with van der Waals surface area (Å²) >= 11 is 0. The number of para-hydroxylation sites is 2. The van der Waals surface area contributed by atoms with E-state index in [0.717, 1.165) is 34.1 Å². The maximum Gasteiger partial charge on any atom is 0.265 e. The van der Waals surface area contributed by atoms with E-state index in [4.69, 9.17) is 15.1 Å². The molecule has 0 radical (unpaired) electrons. The predicted molar refractivity (Wildman–Crippen MR) is 139 cm³/mol. The zero-order chi connectivity index (χ0) is 23.8. The standard InChI is InChI=1S/C28H22N6O/c1-19-9-5-6-12-21(19)17-30-34-26-24(25-27(34)32-23-14-8-7-13-22(23)31-25)28(35)33(18-29-26)16-15-20-10-3-2-4-11-20/h2-14,17-18H,15-16H2,1H3/b30-17-. The fourth-order valence-electron chi connectivity index (χ4n) is 4.27. The van der Waals surface area contributed by atoms with Crippen molar-refractivity contribution in [2.45, 2.75) is 19.9 Å². The Kier molecular flexibility index (Phi) is 5.15. The summed E-state index contributed by atoms with van der Waals surface area (Å²) in [5, 5.41) is 5.13. The molecular formula is C28H22N6O. The van der Waals surface area contributed by atoms with Gasteiger partial charge in [0, 0.05) is 6.54 Å². The third-order valence-corrected chi connectivity index (χ3v) is 6.19. The smallest absolute Gasteiger partial charge is 0.265 e. The second-order valence-electron chi connectivity index (χ2n) is 8.47. The van der Waals surface area contributed by atoms with Gasteiger partial charge in [-0.1, -0.05) is 66.7 Å². The molecule has 0 saturated heterocycles. The van der Waals surface area contributed by atoms with Gasteiger partial charge in [-0.2, -0.15) is 9.78 Å². The van der Waals surface area contributed by atoms with Gasteiger partial charge in [-0.15, -0.1) is 0 Å². The van der Waals surface area contributed by atoms with Gasteiger partial charge in [0.15, 0.2) is 11.3 Å². The summed E-state index contributed by atoms with van der Waals surface area (Å²) in [4.78, 5) is 27.9. The maximum atomic E-state index is 13.6. The highest BCUT2D eigenvalue weighted by atomic mass is 16.1. The number of aromatic nitrogens is 5. The summed E-state index contributed by atoms with van der Waals surface area (Å²) in [6.45, 7) is 2.55. The lowest BCUT2D eigenvalue weighted by Gasteiger charge is -2.06. The van der Waals surface area contributed by atoms with Crippen molar-refractivity contribution < 1.29 is 0 Å². The van der Waals surface area contributed by atoms with Gasteiger partial charge in [-0.05, 0) is 42.2 Å². The fraction of sp³-hybridized carbons (Fsp3) is 0.107. The van der Waals surface area contributed by atoms with E-state index in [1.807, 2.05) is 73.7 Å². The third kappa shape index (κ3) is 3.77. The van der Waals surface area contributed by atoms with Gasteiger partial charge in [0.05, 0.1) is 23.6 Å². The Morgan fingerprint density at radius 1 is 0.857 bits per heavy atom. The highest BCUT2D eigenvalue weighted by Crippen LogP contribution is 2.25. The molecule has 0 bridgehead atoms. The van der Waals surface area contributed by atoms with Gasteiger partial charge in [0.1, 0.15) is 10.9 Å². The van der Waals surface area contributed by atoms with Crippen molar-refractivity contribution in [3.63, 3.8) is 0 Å². The van der Waals surface area contributed by atoms with Crippen LogP contribution in [0.25, 0.3) is 33.2 Å². The van der Waals surface area contributed by atoms with Crippen LogP contribution in [0.3, 0.4) is 0 Å². The van der Waals surface area contributed by atoms with Crippen LogP contribution in [0.2, 0.25) is 0 Å². The number of hydrogen-bond acceptors (Lipinski definition) is 5. The molecule has 0 saturated carbocycles. The second-order valence-corrected chi connectivity index (χ2v) is 8.47. The summed E-state index contributed by atoms with van der Waals surface area (Å²) < 4.78 is 3.26. The predicted octanol–water partition coefficient (Wildman–Crippen LogP) is 4.73. The molecular weight excluding hydrogens is 436 g/mol. The largest absolute Gasteiger partial charge is 0.298 e. The van der Waals surface area contributed by atoms with Crippen LogP contribution >= 0.6 is 0 Å². The molecule has 0 amide bonds. The van der Waals surface area contributed by atoms with E-state index < -0.39 is 0 Å². The van der Waals surface area contributed by atoms with Crippen molar-refractivity contribution in [1.82, 2.24) is 24.2 Å². The molecule has 170 valence electrons. The zero-order valence-electron chi connectivity index (χ0n) is 19.2. The molecule has 0 fully saturated rings. The van der Waals surface area contributed by atoms with Crippen LogP contribution in [0.5, 0.6) is 0 Å². The summed E-state index contributed by atoms with van der Waals surface area (Å²) in [6.07, 6.45) is 4.09. The molecule has 0 atom stereocenters. The van der Waals surface area contributed by atoms with Crippen molar-refractivity contribution in [2.75, 3.05) is 0 Å².